The zero-order chi connectivity index (χ0) is 25.3. The molecule has 0 aromatic heterocycles. The Balaban J connectivity index is 1.59. The summed E-state index contributed by atoms with van der Waals surface area (Å²) in [6.45, 7) is 2.97. The molecule has 35 heavy (non-hydrogen) atoms. The van der Waals surface area contributed by atoms with Crippen LogP contribution in [-0.2, 0) is 9.53 Å². The Hall–Kier alpha value is -4.66. The number of nitro groups is 1. The van der Waals surface area contributed by atoms with Gasteiger partial charge in [-0.05, 0) is 37.1 Å². The van der Waals surface area contributed by atoms with Gasteiger partial charge in [0.05, 0.1) is 10.5 Å². The number of Topliss-reactive ketones (excluding diaryl/α,β-unsaturated/α-hetero) is 1. The van der Waals surface area contributed by atoms with E-state index in [4.69, 9.17) is 4.74 Å². The van der Waals surface area contributed by atoms with E-state index in [1.54, 1.807) is 48.5 Å². The molecular weight excluding hydrogens is 452 g/mol. The van der Waals surface area contributed by atoms with E-state index < -0.39 is 46.8 Å². The van der Waals surface area contributed by atoms with E-state index in [0.29, 0.717) is 16.0 Å². The van der Waals surface area contributed by atoms with Crippen LogP contribution in [0, 0.1) is 24.0 Å². The van der Waals surface area contributed by atoms with E-state index in [1.807, 2.05) is 13.8 Å². The smallest absolute Gasteiger partial charge is 0.327 e. The highest BCUT2D eigenvalue weighted by Gasteiger charge is 2.42. The lowest BCUT2D eigenvalue weighted by Crippen LogP contribution is -2.36. The Morgan fingerprint density at radius 1 is 0.943 bits per heavy atom. The number of nitrogens with zero attached hydrogens (tertiary/aromatic N) is 2. The molecule has 0 N–H and O–H groups in total. The lowest BCUT2D eigenvalue weighted by Gasteiger charge is -2.20. The fraction of sp³-hybridized carbons (Fsp3) is 0.154. The Bertz CT molecular complexity index is 1380. The largest absolute Gasteiger partial charge is 0.448 e. The first-order chi connectivity index (χ1) is 16.7. The van der Waals surface area contributed by atoms with Crippen LogP contribution in [0.5, 0.6) is 0 Å². The van der Waals surface area contributed by atoms with Crippen molar-refractivity contribution in [3.8, 4) is 0 Å². The molecule has 0 fully saturated rings. The van der Waals surface area contributed by atoms with Crippen LogP contribution in [0.4, 0.5) is 5.69 Å². The molecular formula is C26H20N2O7. The number of nitro benzene ring substituents is 1. The summed E-state index contributed by atoms with van der Waals surface area (Å²) in [6, 6.07) is 17.2. The number of amides is 2. The first kappa shape index (κ1) is 23.5. The van der Waals surface area contributed by atoms with E-state index in [-0.39, 0.29) is 11.1 Å². The summed E-state index contributed by atoms with van der Waals surface area (Å²) in [6.07, 6.45) is -1.31. The van der Waals surface area contributed by atoms with Crippen molar-refractivity contribution in [3.63, 3.8) is 0 Å². The van der Waals surface area contributed by atoms with Crippen molar-refractivity contribution in [2.75, 3.05) is 6.54 Å². The lowest BCUT2D eigenvalue weighted by molar-refractivity contribution is -0.385. The van der Waals surface area contributed by atoms with Gasteiger partial charge in [0.25, 0.3) is 17.5 Å². The number of aryl methyl sites for hydroxylation is 2. The molecule has 0 bridgehead atoms. The molecule has 0 unspecified atom stereocenters. The van der Waals surface area contributed by atoms with Gasteiger partial charge in [0, 0.05) is 17.2 Å². The second-order valence-corrected chi connectivity index (χ2v) is 8.10. The fourth-order valence-electron chi connectivity index (χ4n) is 3.86. The molecule has 1 atom stereocenters. The average molecular weight is 472 g/mol. The normalized spacial score (nSPS) is 13.4. The van der Waals surface area contributed by atoms with Crippen LogP contribution in [0.3, 0.4) is 0 Å². The Morgan fingerprint density at radius 3 is 2.31 bits per heavy atom. The van der Waals surface area contributed by atoms with Gasteiger partial charge in [-0.15, -0.1) is 0 Å². The Kier molecular flexibility index (Phi) is 6.24. The summed E-state index contributed by atoms with van der Waals surface area (Å²) in [5, 5.41) is 11.3. The van der Waals surface area contributed by atoms with Crippen molar-refractivity contribution in [1.29, 1.82) is 0 Å². The zero-order valence-electron chi connectivity index (χ0n) is 18.9. The van der Waals surface area contributed by atoms with E-state index in [9.17, 15) is 29.3 Å². The summed E-state index contributed by atoms with van der Waals surface area (Å²) in [4.78, 5) is 62.7. The second kappa shape index (κ2) is 9.30. The Morgan fingerprint density at radius 2 is 1.66 bits per heavy atom. The third-order valence-electron chi connectivity index (χ3n) is 5.84. The third kappa shape index (κ3) is 4.43. The Labute approximate surface area is 200 Å². The van der Waals surface area contributed by atoms with E-state index >= 15 is 0 Å². The number of rotatable bonds is 7. The number of hydrogen-bond acceptors (Lipinski definition) is 7. The predicted molar refractivity (Wildman–Crippen MR) is 124 cm³/mol. The van der Waals surface area contributed by atoms with Crippen molar-refractivity contribution >= 4 is 29.3 Å². The number of fused-ring (bicyclic) bond motifs is 1. The molecule has 0 saturated heterocycles. The number of ketones is 1. The first-order valence-corrected chi connectivity index (χ1v) is 10.7. The minimum atomic E-state index is -1.31. The highest BCUT2D eigenvalue weighted by molar-refractivity contribution is 6.24. The molecule has 0 radical (unpaired) electrons. The van der Waals surface area contributed by atoms with Crippen molar-refractivity contribution < 1.29 is 28.8 Å². The predicted octanol–water partition coefficient (Wildman–Crippen LogP) is 3.98. The molecule has 1 aliphatic rings. The molecule has 0 spiro atoms. The summed E-state index contributed by atoms with van der Waals surface area (Å²) in [5.74, 6) is -3.28. The molecule has 4 rings (SSSR count). The minimum absolute atomic E-state index is 0.164. The van der Waals surface area contributed by atoms with Crippen LogP contribution in [0.2, 0.25) is 0 Å². The number of benzene rings is 3. The van der Waals surface area contributed by atoms with Crippen LogP contribution < -0.4 is 0 Å². The summed E-state index contributed by atoms with van der Waals surface area (Å²) in [5.41, 5.74) is 1.58. The fourth-order valence-corrected chi connectivity index (χ4v) is 3.86. The molecule has 2 amide bonds. The maximum Gasteiger partial charge on any atom is 0.327 e. The van der Waals surface area contributed by atoms with Crippen LogP contribution >= 0.6 is 0 Å². The van der Waals surface area contributed by atoms with Crippen LogP contribution in [0.1, 0.15) is 53.9 Å². The zero-order valence-corrected chi connectivity index (χ0v) is 18.9. The van der Waals surface area contributed by atoms with Gasteiger partial charge in [-0.2, -0.15) is 0 Å². The number of hydrogen-bond donors (Lipinski definition) is 0. The molecule has 176 valence electrons. The van der Waals surface area contributed by atoms with Crippen molar-refractivity contribution in [2.24, 2.45) is 0 Å². The second-order valence-electron chi connectivity index (χ2n) is 8.10. The van der Waals surface area contributed by atoms with Gasteiger partial charge in [-0.1, -0.05) is 48.5 Å². The van der Waals surface area contributed by atoms with Crippen molar-refractivity contribution in [3.05, 3.63) is 110 Å². The van der Waals surface area contributed by atoms with Crippen molar-refractivity contribution in [2.45, 2.75) is 20.0 Å². The lowest BCUT2D eigenvalue weighted by atomic mass is 9.97. The molecule has 0 aliphatic carbocycles. The number of imide groups is 1. The summed E-state index contributed by atoms with van der Waals surface area (Å²) in [7, 11) is 0. The molecule has 9 nitrogen and oxygen atoms in total. The maximum atomic E-state index is 13.3. The topological polar surface area (TPSA) is 124 Å². The first-order valence-electron chi connectivity index (χ1n) is 10.7. The molecule has 0 saturated carbocycles. The summed E-state index contributed by atoms with van der Waals surface area (Å²) >= 11 is 0. The number of carbonyl (C=O) groups is 4. The van der Waals surface area contributed by atoms with Crippen LogP contribution in [-0.4, -0.2) is 39.9 Å². The SMILES string of the molecule is Cc1ccc(C(=O)[C@@H](OC(=O)CN2C(=O)c3cccc([N+](=O)[O-])c3C2=O)c2ccccc2)cc1C. The maximum absolute atomic E-state index is 13.3. The quantitative estimate of drug-likeness (QED) is 0.167. The minimum Gasteiger partial charge on any atom is -0.448 e. The highest BCUT2D eigenvalue weighted by atomic mass is 16.6. The number of carbonyl (C=O) groups excluding carboxylic acids is 4. The molecule has 1 heterocycles. The van der Waals surface area contributed by atoms with E-state index in [0.717, 1.165) is 17.2 Å². The van der Waals surface area contributed by atoms with Crippen molar-refractivity contribution in [1.82, 2.24) is 4.90 Å². The van der Waals surface area contributed by atoms with E-state index in [2.05, 4.69) is 0 Å². The van der Waals surface area contributed by atoms with Crippen LogP contribution in [0.25, 0.3) is 0 Å². The molecule has 3 aromatic rings. The molecule has 3 aromatic carbocycles. The van der Waals surface area contributed by atoms with E-state index in [1.165, 1.54) is 12.1 Å². The van der Waals surface area contributed by atoms with Gasteiger partial charge in [0.1, 0.15) is 12.1 Å². The van der Waals surface area contributed by atoms with Gasteiger partial charge in [-0.3, -0.25) is 34.2 Å². The summed E-state index contributed by atoms with van der Waals surface area (Å²) < 4.78 is 5.49. The number of ether oxygens (including phenoxy) is 1. The van der Waals surface area contributed by atoms with Crippen LogP contribution in [0.15, 0.2) is 66.7 Å². The third-order valence-corrected chi connectivity index (χ3v) is 5.84. The monoisotopic (exact) mass is 472 g/mol. The van der Waals surface area contributed by atoms with Gasteiger partial charge in [-0.25, -0.2) is 0 Å². The number of esters is 1. The molecule has 1 aliphatic heterocycles. The van der Waals surface area contributed by atoms with Gasteiger partial charge >= 0.3 is 5.97 Å². The highest BCUT2D eigenvalue weighted by Crippen LogP contribution is 2.31. The average Bonchev–Trinajstić information content (AvgIpc) is 3.09. The molecule has 9 heteroatoms. The standard InChI is InChI=1S/C26H20N2O7/c1-15-11-12-18(13-16(15)2)23(30)24(17-7-4-3-5-8-17)35-21(29)14-27-25(31)19-9-6-10-20(28(33)34)22(19)26(27)32/h3-13,24H,14H2,1-2H3/t24-/m0/s1. The van der Waals surface area contributed by atoms with Gasteiger partial charge in [0.15, 0.2) is 6.10 Å². The van der Waals surface area contributed by atoms with Gasteiger partial charge < -0.3 is 4.74 Å². The van der Waals surface area contributed by atoms with Gasteiger partial charge in [0.2, 0.25) is 5.78 Å².